The summed E-state index contributed by atoms with van der Waals surface area (Å²) in [5.74, 6) is 1.95. The predicted octanol–water partition coefficient (Wildman–Crippen LogP) is 4.57. The standard InChI is InChI=1S/C14H14Cl2N2O/c15-10-5-4-9(7-11(10)16)13-12(19-18-14(13)17)6-8-2-1-3-8/h4-5,7-8H,1-3,6H2,(H2,17,18). The molecule has 3 nitrogen and oxygen atoms in total. The second-order valence-corrected chi connectivity index (χ2v) is 5.81. The molecule has 0 atom stereocenters. The van der Waals surface area contributed by atoms with Crippen LogP contribution in [-0.4, -0.2) is 5.16 Å². The van der Waals surface area contributed by atoms with E-state index in [2.05, 4.69) is 5.16 Å². The van der Waals surface area contributed by atoms with E-state index in [0.717, 1.165) is 23.3 Å². The summed E-state index contributed by atoms with van der Waals surface area (Å²) in [5, 5.41) is 4.92. The van der Waals surface area contributed by atoms with E-state index in [1.54, 1.807) is 12.1 Å². The van der Waals surface area contributed by atoms with Crippen LogP contribution in [0.2, 0.25) is 10.0 Å². The Morgan fingerprint density at radius 1 is 1.26 bits per heavy atom. The van der Waals surface area contributed by atoms with E-state index in [1.807, 2.05) is 6.07 Å². The minimum atomic E-state index is 0.410. The largest absolute Gasteiger partial charge is 0.380 e. The third-order valence-corrected chi connectivity index (χ3v) is 4.44. The van der Waals surface area contributed by atoms with Crippen LogP contribution in [0.15, 0.2) is 22.7 Å². The quantitative estimate of drug-likeness (QED) is 0.902. The van der Waals surface area contributed by atoms with Gasteiger partial charge in [0.05, 0.1) is 15.6 Å². The van der Waals surface area contributed by atoms with Gasteiger partial charge in [-0.15, -0.1) is 0 Å². The Hall–Kier alpha value is -1.19. The van der Waals surface area contributed by atoms with Crippen LogP contribution in [0.4, 0.5) is 5.82 Å². The van der Waals surface area contributed by atoms with Crippen molar-refractivity contribution in [3.8, 4) is 11.1 Å². The van der Waals surface area contributed by atoms with Crippen LogP contribution in [0.5, 0.6) is 0 Å². The first-order chi connectivity index (χ1) is 9.15. The van der Waals surface area contributed by atoms with Crippen LogP contribution in [0.1, 0.15) is 25.0 Å². The van der Waals surface area contributed by atoms with Crippen molar-refractivity contribution < 1.29 is 4.52 Å². The van der Waals surface area contributed by atoms with Gasteiger partial charge in [0.1, 0.15) is 5.76 Å². The fourth-order valence-corrected chi connectivity index (χ4v) is 2.70. The lowest BCUT2D eigenvalue weighted by atomic mass is 9.81. The normalized spacial score (nSPS) is 15.5. The minimum absolute atomic E-state index is 0.410. The first kappa shape index (κ1) is 12.8. The summed E-state index contributed by atoms with van der Waals surface area (Å²) in [6, 6.07) is 5.46. The number of nitrogen functional groups attached to an aromatic ring is 1. The van der Waals surface area contributed by atoms with Crippen molar-refractivity contribution >= 4 is 29.0 Å². The van der Waals surface area contributed by atoms with E-state index < -0.39 is 0 Å². The summed E-state index contributed by atoms with van der Waals surface area (Å²) >= 11 is 12.0. The van der Waals surface area contributed by atoms with E-state index in [9.17, 15) is 0 Å². The van der Waals surface area contributed by atoms with Gasteiger partial charge in [0.2, 0.25) is 0 Å². The van der Waals surface area contributed by atoms with Gasteiger partial charge < -0.3 is 10.3 Å². The maximum atomic E-state index is 6.06. The summed E-state index contributed by atoms with van der Waals surface area (Å²) in [6.07, 6.45) is 4.69. The molecule has 19 heavy (non-hydrogen) atoms. The number of rotatable bonds is 3. The van der Waals surface area contributed by atoms with Gasteiger partial charge in [-0.25, -0.2) is 0 Å². The van der Waals surface area contributed by atoms with Crippen molar-refractivity contribution in [1.29, 1.82) is 0 Å². The molecule has 0 amide bonds. The lowest BCUT2D eigenvalue weighted by Gasteiger charge is -2.24. The van der Waals surface area contributed by atoms with E-state index >= 15 is 0 Å². The average molecular weight is 297 g/mol. The fraction of sp³-hybridized carbons (Fsp3) is 0.357. The molecular formula is C14H14Cl2N2O. The number of anilines is 1. The van der Waals surface area contributed by atoms with Gasteiger partial charge in [-0.1, -0.05) is 53.7 Å². The van der Waals surface area contributed by atoms with E-state index in [4.69, 9.17) is 33.5 Å². The maximum Gasteiger partial charge on any atom is 0.175 e. The van der Waals surface area contributed by atoms with Crippen LogP contribution in [0.25, 0.3) is 11.1 Å². The topological polar surface area (TPSA) is 52.0 Å². The van der Waals surface area contributed by atoms with Gasteiger partial charge in [0, 0.05) is 6.42 Å². The van der Waals surface area contributed by atoms with Gasteiger partial charge in [-0.3, -0.25) is 0 Å². The lowest BCUT2D eigenvalue weighted by Crippen LogP contribution is -2.13. The Bertz CT molecular complexity index is 605. The second kappa shape index (κ2) is 5.06. The van der Waals surface area contributed by atoms with Crippen molar-refractivity contribution in [1.82, 2.24) is 5.16 Å². The van der Waals surface area contributed by atoms with Crippen molar-refractivity contribution in [2.24, 2.45) is 5.92 Å². The summed E-state index contributed by atoms with van der Waals surface area (Å²) in [5.41, 5.74) is 7.67. The van der Waals surface area contributed by atoms with Gasteiger partial charge in [0.15, 0.2) is 5.82 Å². The first-order valence-electron chi connectivity index (χ1n) is 6.34. The fourth-order valence-electron chi connectivity index (χ4n) is 2.40. The monoisotopic (exact) mass is 296 g/mol. The molecule has 0 unspecified atom stereocenters. The molecule has 1 saturated carbocycles. The van der Waals surface area contributed by atoms with Crippen LogP contribution >= 0.6 is 23.2 Å². The van der Waals surface area contributed by atoms with Crippen LogP contribution in [0.3, 0.4) is 0 Å². The summed E-state index contributed by atoms with van der Waals surface area (Å²) in [6.45, 7) is 0. The summed E-state index contributed by atoms with van der Waals surface area (Å²) in [7, 11) is 0. The van der Waals surface area contributed by atoms with Crippen molar-refractivity contribution in [3.05, 3.63) is 34.0 Å². The lowest BCUT2D eigenvalue weighted by molar-refractivity contribution is 0.279. The van der Waals surface area contributed by atoms with Crippen LogP contribution < -0.4 is 5.73 Å². The zero-order valence-corrected chi connectivity index (χ0v) is 11.8. The van der Waals surface area contributed by atoms with Crippen LogP contribution in [0, 0.1) is 5.92 Å². The molecule has 1 aliphatic carbocycles. The number of nitrogens with zero attached hydrogens (tertiary/aromatic N) is 1. The third-order valence-electron chi connectivity index (χ3n) is 3.70. The molecule has 0 radical (unpaired) electrons. The number of halogens is 2. The second-order valence-electron chi connectivity index (χ2n) is 5.00. The number of nitrogens with two attached hydrogens (primary N) is 1. The number of hydrogen-bond donors (Lipinski definition) is 1. The molecule has 0 bridgehead atoms. The molecule has 1 aliphatic rings. The number of hydrogen-bond acceptors (Lipinski definition) is 3. The van der Waals surface area contributed by atoms with Crippen LogP contribution in [-0.2, 0) is 6.42 Å². The SMILES string of the molecule is Nc1noc(CC2CCC2)c1-c1ccc(Cl)c(Cl)c1. The highest BCUT2D eigenvalue weighted by Gasteiger charge is 2.24. The Morgan fingerprint density at radius 3 is 2.68 bits per heavy atom. The average Bonchev–Trinajstić information content (AvgIpc) is 2.69. The minimum Gasteiger partial charge on any atom is -0.380 e. The third kappa shape index (κ3) is 2.45. The molecule has 0 saturated heterocycles. The van der Waals surface area contributed by atoms with Gasteiger partial charge in [-0.05, 0) is 23.6 Å². The smallest absolute Gasteiger partial charge is 0.175 e. The highest BCUT2D eigenvalue weighted by molar-refractivity contribution is 6.42. The van der Waals surface area contributed by atoms with Crippen molar-refractivity contribution in [2.75, 3.05) is 5.73 Å². The molecule has 1 fully saturated rings. The molecule has 0 spiro atoms. The maximum absolute atomic E-state index is 6.06. The van der Waals surface area contributed by atoms with Crippen molar-refractivity contribution in [2.45, 2.75) is 25.7 Å². The molecule has 2 aromatic rings. The Morgan fingerprint density at radius 2 is 2.05 bits per heavy atom. The molecule has 5 heteroatoms. The molecule has 1 aromatic carbocycles. The Balaban J connectivity index is 1.97. The Labute approximate surface area is 121 Å². The first-order valence-corrected chi connectivity index (χ1v) is 7.10. The van der Waals surface area contributed by atoms with Crippen molar-refractivity contribution in [3.63, 3.8) is 0 Å². The summed E-state index contributed by atoms with van der Waals surface area (Å²) < 4.78 is 5.38. The molecule has 100 valence electrons. The molecular weight excluding hydrogens is 283 g/mol. The zero-order chi connectivity index (χ0) is 13.4. The molecule has 0 aliphatic heterocycles. The van der Waals surface area contributed by atoms with Gasteiger partial charge in [0.25, 0.3) is 0 Å². The molecule has 1 aromatic heterocycles. The number of aromatic nitrogens is 1. The zero-order valence-electron chi connectivity index (χ0n) is 10.3. The molecule has 3 rings (SSSR count). The highest BCUT2D eigenvalue weighted by atomic mass is 35.5. The van der Waals surface area contributed by atoms with Gasteiger partial charge >= 0.3 is 0 Å². The predicted molar refractivity (Wildman–Crippen MR) is 77.4 cm³/mol. The van der Waals surface area contributed by atoms with E-state index in [0.29, 0.717) is 21.8 Å². The summed E-state index contributed by atoms with van der Waals surface area (Å²) in [4.78, 5) is 0. The van der Waals surface area contributed by atoms with E-state index in [-0.39, 0.29) is 0 Å². The molecule has 1 heterocycles. The molecule has 2 N–H and O–H groups in total. The number of benzene rings is 1. The highest BCUT2D eigenvalue weighted by Crippen LogP contribution is 2.37. The van der Waals surface area contributed by atoms with E-state index in [1.165, 1.54) is 19.3 Å². The Kier molecular flexibility index (Phi) is 3.42. The van der Waals surface area contributed by atoms with Gasteiger partial charge in [-0.2, -0.15) is 0 Å².